The summed E-state index contributed by atoms with van der Waals surface area (Å²) in [6.07, 6.45) is 4.39. The van der Waals surface area contributed by atoms with E-state index in [1.165, 1.54) is 6.07 Å². The minimum Gasteiger partial charge on any atom is -0.435 e. The molecule has 158 valence electrons. The number of alkyl halides is 4. The molecule has 2 bridgehead atoms. The predicted molar refractivity (Wildman–Crippen MR) is 97.1 cm³/mol. The Kier molecular flexibility index (Phi) is 7.77. The molecule has 2 aliphatic rings. The van der Waals surface area contributed by atoms with Crippen LogP contribution in [-0.2, 0) is 4.79 Å². The SMILES string of the molecule is Cl.NC1C2CCCC1CC(C(=O)Nc1ccc(OC(F)F)cc1OC(F)F)C2. The van der Waals surface area contributed by atoms with Crippen molar-refractivity contribution in [1.82, 2.24) is 0 Å². The number of halogens is 5. The van der Waals surface area contributed by atoms with Crippen molar-refractivity contribution in [3.05, 3.63) is 18.2 Å². The van der Waals surface area contributed by atoms with Crippen molar-refractivity contribution in [3.8, 4) is 11.5 Å². The molecule has 3 rings (SSSR count). The lowest BCUT2D eigenvalue weighted by molar-refractivity contribution is -0.122. The first kappa shape index (κ1) is 22.5. The summed E-state index contributed by atoms with van der Waals surface area (Å²) < 4.78 is 58.5. The zero-order chi connectivity index (χ0) is 19.6. The van der Waals surface area contributed by atoms with Crippen LogP contribution < -0.4 is 20.5 Å². The number of anilines is 1. The number of nitrogens with two attached hydrogens (primary N) is 1. The van der Waals surface area contributed by atoms with E-state index < -0.39 is 19.0 Å². The number of fused-ring (bicyclic) bond motifs is 2. The van der Waals surface area contributed by atoms with E-state index in [2.05, 4.69) is 14.8 Å². The minimum absolute atomic E-state index is 0. The molecule has 0 radical (unpaired) electrons. The van der Waals surface area contributed by atoms with Crippen molar-refractivity contribution in [2.45, 2.75) is 51.4 Å². The zero-order valence-electron chi connectivity index (χ0n) is 15.0. The third-order valence-corrected chi connectivity index (χ3v) is 5.44. The van der Waals surface area contributed by atoms with Crippen LogP contribution in [0.25, 0.3) is 0 Å². The van der Waals surface area contributed by atoms with Crippen molar-refractivity contribution in [1.29, 1.82) is 0 Å². The third kappa shape index (κ3) is 5.41. The van der Waals surface area contributed by atoms with Gasteiger partial charge in [0.05, 0.1) is 5.69 Å². The molecule has 1 amide bonds. The van der Waals surface area contributed by atoms with Crippen LogP contribution >= 0.6 is 12.4 Å². The summed E-state index contributed by atoms with van der Waals surface area (Å²) in [5.41, 5.74) is 6.21. The Balaban J connectivity index is 0.00000280. The van der Waals surface area contributed by atoms with E-state index in [1.807, 2.05) is 0 Å². The van der Waals surface area contributed by atoms with Crippen LogP contribution in [0.4, 0.5) is 23.2 Å². The highest BCUT2D eigenvalue weighted by atomic mass is 35.5. The van der Waals surface area contributed by atoms with Crippen LogP contribution in [0.1, 0.15) is 32.1 Å². The lowest BCUT2D eigenvalue weighted by atomic mass is 9.65. The van der Waals surface area contributed by atoms with Gasteiger partial charge < -0.3 is 20.5 Å². The fraction of sp³-hybridized carbons (Fsp3) is 0.611. The van der Waals surface area contributed by atoms with E-state index in [9.17, 15) is 22.4 Å². The maximum atomic E-state index is 12.7. The fourth-order valence-corrected chi connectivity index (χ4v) is 4.21. The van der Waals surface area contributed by atoms with E-state index in [4.69, 9.17) is 5.73 Å². The van der Waals surface area contributed by atoms with Gasteiger partial charge in [0.2, 0.25) is 5.91 Å². The summed E-state index contributed by atoms with van der Waals surface area (Å²) >= 11 is 0. The number of hydrogen-bond donors (Lipinski definition) is 2. The van der Waals surface area contributed by atoms with Gasteiger partial charge in [0, 0.05) is 18.0 Å². The molecule has 2 aliphatic carbocycles. The van der Waals surface area contributed by atoms with Gasteiger partial charge in [-0.1, -0.05) is 6.42 Å². The Morgan fingerprint density at radius 1 is 1.07 bits per heavy atom. The Morgan fingerprint density at radius 3 is 2.25 bits per heavy atom. The molecule has 2 atom stereocenters. The second-order valence-electron chi connectivity index (χ2n) is 7.10. The minimum atomic E-state index is -3.17. The summed E-state index contributed by atoms with van der Waals surface area (Å²) in [7, 11) is 0. The third-order valence-electron chi connectivity index (χ3n) is 5.44. The molecule has 2 saturated carbocycles. The molecule has 0 aliphatic heterocycles. The van der Waals surface area contributed by atoms with E-state index >= 15 is 0 Å². The average molecular weight is 427 g/mol. The summed E-state index contributed by atoms with van der Waals surface area (Å²) in [6.45, 7) is -6.27. The van der Waals surface area contributed by atoms with Crippen LogP contribution in [0.5, 0.6) is 11.5 Å². The Labute approximate surface area is 166 Å². The van der Waals surface area contributed by atoms with Crippen LogP contribution in [0.15, 0.2) is 18.2 Å². The van der Waals surface area contributed by atoms with Gasteiger partial charge >= 0.3 is 13.2 Å². The van der Waals surface area contributed by atoms with Crippen LogP contribution in [0.2, 0.25) is 0 Å². The van der Waals surface area contributed by atoms with Gasteiger partial charge in [0.1, 0.15) is 5.75 Å². The molecule has 0 heterocycles. The number of hydrogen-bond acceptors (Lipinski definition) is 4. The van der Waals surface area contributed by atoms with Crippen molar-refractivity contribution in [3.63, 3.8) is 0 Å². The normalized spacial score (nSPS) is 26.5. The fourth-order valence-electron chi connectivity index (χ4n) is 4.21. The highest BCUT2D eigenvalue weighted by Gasteiger charge is 2.40. The molecular weight excluding hydrogens is 404 g/mol. The van der Waals surface area contributed by atoms with Crippen molar-refractivity contribution >= 4 is 24.0 Å². The standard InChI is InChI=1S/C18H22F4N2O3.ClH/c19-17(20)26-12-4-5-13(14(8-12)27-18(21)22)24-16(25)11-6-9-2-1-3-10(7-11)15(9)23;/h4-5,8-11,15,17-18H,1-3,6-7,23H2,(H,24,25);1H. The highest BCUT2D eigenvalue weighted by molar-refractivity contribution is 5.94. The second-order valence-corrected chi connectivity index (χ2v) is 7.10. The van der Waals surface area contributed by atoms with E-state index in [0.29, 0.717) is 12.8 Å². The summed E-state index contributed by atoms with van der Waals surface area (Å²) in [6, 6.07) is 3.37. The lowest BCUT2D eigenvalue weighted by Crippen LogP contribution is -2.48. The van der Waals surface area contributed by atoms with Crippen molar-refractivity contribution in [2.75, 3.05) is 5.32 Å². The Morgan fingerprint density at radius 2 is 1.68 bits per heavy atom. The molecule has 0 saturated heterocycles. The maximum Gasteiger partial charge on any atom is 0.387 e. The van der Waals surface area contributed by atoms with Gasteiger partial charge in [0.25, 0.3) is 0 Å². The number of rotatable bonds is 6. The summed E-state index contributed by atoms with van der Waals surface area (Å²) in [5.74, 6) is -0.767. The Bertz CT molecular complexity index is 666. The molecule has 2 unspecified atom stereocenters. The Hall–Kier alpha value is -1.74. The maximum absolute atomic E-state index is 12.7. The molecule has 10 heteroatoms. The van der Waals surface area contributed by atoms with Crippen molar-refractivity contribution in [2.24, 2.45) is 23.5 Å². The monoisotopic (exact) mass is 426 g/mol. The summed E-state index contributed by atoms with van der Waals surface area (Å²) in [5, 5.41) is 2.59. The highest BCUT2D eigenvalue weighted by Crippen LogP contribution is 2.42. The topological polar surface area (TPSA) is 73.6 Å². The number of benzene rings is 1. The van der Waals surface area contributed by atoms with Gasteiger partial charge in [-0.15, -0.1) is 12.4 Å². The first-order chi connectivity index (χ1) is 12.8. The molecule has 28 heavy (non-hydrogen) atoms. The molecule has 3 N–H and O–H groups in total. The summed E-state index contributed by atoms with van der Waals surface area (Å²) in [4.78, 5) is 12.7. The molecule has 5 nitrogen and oxygen atoms in total. The van der Waals surface area contributed by atoms with Gasteiger partial charge in [-0.3, -0.25) is 4.79 Å². The van der Waals surface area contributed by atoms with E-state index in [-0.39, 0.29) is 53.5 Å². The molecule has 0 spiro atoms. The molecule has 1 aromatic carbocycles. The van der Waals surface area contributed by atoms with Crippen molar-refractivity contribution < 1.29 is 31.8 Å². The number of amides is 1. The average Bonchev–Trinajstić information content (AvgIpc) is 2.55. The number of carbonyl (C=O) groups is 1. The largest absolute Gasteiger partial charge is 0.435 e. The quantitative estimate of drug-likeness (QED) is 0.661. The van der Waals surface area contributed by atoms with Gasteiger partial charge in [0.15, 0.2) is 5.75 Å². The van der Waals surface area contributed by atoms with Crippen LogP contribution in [0.3, 0.4) is 0 Å². The van der Waals surface area contributed by atoms with Gasteiger partial charge in [-0.25, -0.2) is 0 Å². The van der Waals surface area contributed by atoms with Crippen LogP contribution in [-0.4, -0.2) is 25.2 Å². The first-order valence-electron chi connectivity index (χ1n) is 8.93. The molecule has 2 fully saturated rings. The second kappa shape index (κ2) is 9.65. The molecule has 0 aromatic heterocycles. The molecule has 1 aromatic rings. The smallest absolute Gasteiger partial charge is 0.387 e. The first-order valence-corrected chi connectivity index (χ1v) is 8.93. The number of carbonyl (C=O) groups excluding carboxylic acids is 1. The predicted octanol–water partition coefficient (Wildman–Crippen LogP) is 4.40. The van der Waals surface area contributed by atoms with Gasteiger partial charge in [-0.2, -0.15) is 17.6 Å². The molecular formula is C18H23ClF4N2O3. The van der Waals surface area contributed by atoms with Gasteiger partial charge in [-0.05, 0) is 49.7 Å². The number of nitrogens with one attached hydrogen (secondary N) is 1. The zero-order valence-corrected chi connectivity index (χ0v) is 15.8. The van der Waals surface area contributed by atoms with E-state index in [0.717, 1.165) is 31.4 Å². The number of ether oxygens (including phenoxy) is 2. The lowest BCUT2D eigenvalue weighted by Gasteiger charge is -2.43. The van der Waals surface area contributed by atoms with Crippen LogP contribution in [0, 0.1) is 17.8 Å². The van der Waals surface area contributed by atoms with E-state index in [1.54, 1.807) is 0 Å².